The summed E-state index contributed by atoms with van der Waals surface area (Å²) in [4.78, 5) is 13.8. The molecule has 0 aliphatic carbocycles. The van der Waals surface area contributed by atoms with Gasteiger partial charge in [0.05, 0.1) is 0 Å². The van der Waals surface area contributed by atoms with E-state index in [2.05, 4.69) is 11.8 Å². The molecule has 1 fully saturated rings. The van der Waals surface area contributed by atoms with E-state index in [1.807, 2.05) is 13.8 Å². The van der Waals surface area contributed by atoms with E-state index in [0.717, 1.165) is 19.0 Å². The van der Waals surface area contributed by atoms with Gasteiger partial charge in [-0.15, -0.1) is 0 Å². The highest BCUT2D eigenvalue weighted by Crippen LogP contribution is 2.23. The van der Waals surface area contributed by atoms with Crippen LogP contribution in [0.1, 0.15) is 59.3 Å². The van der Waals surface area contributed by atoms with E-state index >= 15 is 0 Å². The second-order valence-corrected chi connectivity index (χ2v) is 5.42. The van der Waals surface area contributed by atoms with Gasteiger partial charge in [0.2, 0.25) is 5.91 Å². The van der Waals surface area contributed by atoms with Gasteiger partial charge in [-0.2, -0.15) is 0 Å². The van der Waals surface area contributed by atoms with Gasteiger partial charge in [-0.05, 0) is 18.8 Å². The third kappa shape index (κ3) is 4.15. The fraction of sp³-hybridized carbons (Fsp3) is 0.929. The maximum absolute atomic E-state index is 11.8. The van der Waals surface area contributed by atoms with Crippen LogP contribution in [0.15, 0.2) is 0 Å². The molecular weight excluding hydrogens is 198 g/mol. The van der Waals surface area contributed by atoms with Crippen LogP contribution in [0.4, 0.5) is 0 Å². The summed E-state index contributed by atoms with van der Waals surface area (Å²) < 4.78 is 0. The third-order valence-corrected chi connectivity index (χ3v) is 3.64. The van der Waals surface area contributed by atoms with Crippen molar-refractivity contribution in [2.45, 2.75) is 59.3 Å². The molecule has 0 radical (unpaired) electrons. The summed E-state index contributed by atoms with van der Waals surface area (Å²) in [6.07, 6.45) is 7.87. The van der Waals surface area contributed by atoms with Gasteiger partial charge in [-0.1, -0.05) is 46.5 Å². The van der Waals surface area contributed by atoms with Crippen molar-refractivity contribution in [2.24, 2.45) is 11.8 Å². The number of rotatable bonds is 5. The summed E-state index contributed by atoms with van der Waals surface area (Å²) in [5.74, 6) is 1.38. The van der Waals surface area contributed by atoms with Crippen molar-refractivity contribution in [1.82, 2.24) is 4.90 Å². The van der Waals surface area contributed by atoms with Gasteiger partial charge in [0, 0.05) is 19.0 Å². The van der Waals surface area contributed by atoms with Crippen LogP contribution in [0.3, 0.4) is 0 Å². The van der Waals surface area contributed by atoms with Crippen LogP contribution >= 0.6 is 0 Å². The second-order valence-electron chi connectivity index (χ2n) is 5.42. The molecule has 1 saturated heterocycles. The third-order valence-electron chi connectivity index (χ3n) is 3.64. The van der Waals surface area contributed by atoms with Gasteiger partial charge in [0.1, 0.15) is 0 Å². The highest BCUT2D eigenvalue weighted by Gasteiger charge is 2.23. The molecule has 0 spiro atoms. The van der Waals surface area contributed by atoms with Crippen molar-refractivity contribution >= 4 is 5.91 Å². The molecule has 0 atom stereocenters. The molecule has 2 heteroatoms. The molecule has 1 amide bonds. The Morgan fingerprint density at radius 1 is 1.25 bits per heavy atom. The first-order valence-electron chi connectivity index (χ1n) is 6.94. The lowest BCUT2D eigenvalue weighted by atomic mass is 9.91. The van der Waals surface area contributed by atoms with Crippen LogP contribution in [0, 0.1) is 11.8 Å². The first kappa shape index (κ1) is 13.5. The molecule has 0 unspecified atom stereocenters. The van der Waals surface area contributed by atoms with Gasteiger partial charge in [-0.3, -0.25) is 4.79 Å². The average molecular weight is 225 g/mol. The van der Waals surface area contributed by atoms with E-state index < -0.39 is 0 Å². The number of amides is 1. The number of carbonyl (C=O) groups excluding carboxylic acids is 1. The summed E-state index contributed by atoms with van der Waals surface area (Å²) in [5, 5.41) is 0. The minimum absolute atomic E-state index is 0.164. The Morgan fingerprint density at radius 2 is 1.88 bits per heavy atom. The Hall–Kier alpha value is -0.530. The first-order valence-corrected chi connectivity index (χ1v) is 6.94. The van der Waals surface area contributed by atoms with Crippen molar-refractivity contribution < 1.29 is 4.79 Å². The number of piperidine rings is 1. The molecule has 0 aromatic heterocycles. The summed E-state index contributed by atoms with van der Waals surface area (Å²) in [7, 11) is 0. The summed E-state index contributed by atoms with van der Waals surface area (Å²) in [6, 6.07) is 0. The molecule has 0 bridgehead atoms. The Labute approximate surface area is 100 Å². The van der Waals surface area contributed by atoms with Crippen molar-refractivity contribution in [1.29, 1.82) is 0 Å². The lowest BCUT2D eigenvalue weighted by Gasteiger charge is -2.33. The van der Waals surface area contributed by atoms with E-state index in [4.69, 9.17) is 0 Å². The van der Waals surface area contributed by atoms with Gasteiger partial charge < -0.3 is 4.90 Å². The van der Waals surface area contributed by atoms with Crippen LogP contribution in [0.25, 0.3) is 0 Å². The lowest BCUT2D eigenvalue weighted by Crippen LogP contribution is -2.40. The summed E-state index contributed by atoms with van der Waals surface area (Å²) >= 11 is 0. The largest absolute Gasteiger partial charge is 0.342 e. The van der Waals surface area contributed by atoms with Gasteiger partial charge in [0.25, 0.3) is 0 Å². The molecule has 1 aliphatic heterocycles. The fourth-order valence-electron chi connectivity index (χ4n) is 2.49. The van der Waals surface area contributed by atoms with Crippen LogP contribution in [0.5, 0.6) is 0 Å². The van der Waals surface area contributed by atoms with Crippen molar-refractivity contribution in [3.63, 3.8) is 0 Å². The van der Waals surface area contributed by atoms with Crippen LogP contribution in [0.2, 0.25) is 0 Å². The minimum Gasteiger partial charge on any atom is -0.342 e. The molecule has 0 aromatic rings. The highest BCUT2D eigenvalue weighted by atomic mass is 16.2. The normalized spacial score (nSPS) is 18.1. The number of unbranched alkanes of at least 4 members (excludes halogenated alkanes) is 2. The van der Waals surface area contributed by atoms with Crippen molar-refractivity contribution in [3.05, 3.63) is 0 Å². The number of likely N-dealkylation sites (tertiary alicyclic amines) is 1. The van der Waals surface area contributed by atoms with Crippen molar-refractivity contribution in [2.75, 3.05) is 13.1 Å². The quantitative estimate of drug-likeness (QED) is 0.656. The predicted octanol–water partition coefficient (Wildman–Crippen LogP) is 3.46. The molecule has 94 valence electrons. The first-order chi connectivity index (χ1) is 7.65. The molecule has 1 aliphatic rings. The van der Waals surface area contributed by atoms with Crippen molar-refractivity contribution in [3.8, 4) is 0 Å². The smallest absolute Gasteiger partial charge is 0.225 e. The molecule has 16 heavy (non-hydrogen) atoms. The fourth-order valence-corrected chi connectivity index (χ4v) is 2.49. The monoisotopic (exact) mass is 225 g/mol. The summed E-state index contributed by atoms with van der Waals surface area (Å²) in [5.41, 5.74) is 0. The van der Waals surface area contributed by atoms with E-state index in [1.54, 1.807) is 0 Å². The zero-order valence-electron chi connectivity index (χ0n) is 11.2. The Balaban J connectivity index is 2.20. The minimum atomic E-state index is 0.164. The second kappa shape index (κ2) is 6.93. The number of nitrogens with zero attached hydrogens (tertiary/aromatic N) is 1. The van der Waals surface area contributed by atoms with E-state index in [-0.39, 0.29) is 5.92 Å². The summed E-state index contributed by atoms with van der Waals surface area (Å²) in [6.45, 7) is 8.23. The molecule has 2 nitrogen and oxygen atoms in total. The zero-order valence-corrected chi connectivity index (χ0v) is 11.2. The Kier molecular flexibility index (Phi) is 5.86. The van der Waals surface area contributed by atoms with Crippen LogP contribution in [-0.4, -0.2) is 23.9 Å². The Morgan fingerprint density at radius 3 is 2.38 bits per heavy atom. The number of hydrogen-bond acceptors (Lipinski definition) is 1. The lowest BCUT2D eigenvalue weighted by molar-refractivity contribution is -0.135. The standard InChI is InChI=1S/C14H27NO/c1-4-5-6-7-13-8-10-15(11-9-13)14(16)12(2)3/h12-13H,4-11H2,1-3H3. The van der Waals surface area contributed by atoms with Crippen LogP contribution in [-0.2, 0) is 4.79 Å². The van der Waals surface area contributed by atoms with E-state index in [0.29, 0.717) is 5.91 Å². The van der Waals surface area contributed by atoms with Gasteiger partial charge >= 0.3 is 0 Å². The van der Waals surface area contributed by atoms with Gasteiger partial charge in [-0.25, -0.2) is 0 Å². The Bertz CT molecular complexity index is 205. The highest BCUT2D eigenvalue weighted by molar-refractivity contribution is 5.78. The van der Waals surface area contributed by atoms with Crippen LogP contribution < -0.4 is 0 Å². The predicted molar refractivity (Wildman–Crippen MR) is 68.3 cm³/mol. The molecule has 0 saturated carbocycles. The number of carbonyl (C=O) groups is 1. The molecule has 1 heterocycles. The topological polar surface area (TPSA) is 20.3 Å². The van der Waals surface area contributed by atoms with E-state index in [9.17, 15) is 4.79 Å². The SMILES string of the molecule is CCCCCC1CCN(C(=O)C(C)C)CC1. The molecule has 1 rings (SSSR count). The van der Waals surface area contributed by atoms with Gasteiger partial charge in [0.15, 0.2) is 0 Å². The molecule has 0 aromatic carbocycles. The number of hydrogen-bond donors (Lipinski definition) is 0. The average Bonchev–Trinajstić information content (AvgIpc) is 2.29. The van der Waals surface area contributed by atoms with E-state index in [1.165, 1.54) is 38.5 Å². The maximum atomic E-state index is 11.8. The molecular formula is C14H27NO. The molecule has 0 N–H and O–H groups in total. The maximum Gasteiger partial charge on any atom is 0.225 e. The zero-order chi connectivity index (χ0) is 12.0.